The molecule has 0 saturated carbocycles. The summed E-state index contributed by atoms with van der Waals surface area (Å²) >= 11 is 1.71. The maximum absolute atomic E-state index is 10.6. The van der Waals surface area contributed by atoms with E-state index in [1.54, 1.807) is 11.8 Å². The zero-order chi connectivity index (χ0) is 9.73. The van der Waals surface area contributed by atoms with Gasteiger partial charge < -0.3 is 0 Å². The third kappa shape index (κ3) is 5.13. The van der Waals surface area contributed by atoms with Crippen molar-refractivity contribution in [1.82, 2.24) is 0 Å². The van der Waals surface area contributed by atoms with Gasteiger partial charge in [0.2, 0.25) is 0 Å². The summed E-state index contributed by atoms with van der Waals surface area (Å²) in [7, 11) is -3.28. The average molecular weight is 220 g/mol. The fourth-order valence-corrected chi connectivity index (χ4v) is 2.09. The molecule has 0 fully saturated rings. The molecule has 13 heavy (non-hydrogen) atoms. The van der Waals surface area contributed by atoms with Crippen LogP contribution in [-0.4, -0.2) is 27.0 Å². The highest BCUT2D eigenvalue weighted by Crippen LogP contribution is 2.22. The second-order valence-corrected chi connectivity index (χ2v) is 5.44. The van der Waals surface area contributed by atoms with Gasteiger partial charge in [0.15, 0.2) is 0 Å². The minimum Gasteiger partial charge on any atom is -0.270 e. The number of hydrogen-bond acceptors (Lipinski definition) is 4. The van der Waals surface area contributed by atoms with Crippen LogP contribution in [-0.2, 0) is 14.3 Å². The summed E-state index contributed by atoms with van der Waals surface area (Å²) in [6, 6.07) is 0. The van der Waals surface area contributed by atoms with Crippen molar-refractivity contribution in [2.45, 2.75) is 6.42 Å². The fraction of sp³-hybridized carbons (Fsp3) is 0.500. The molecule has 3 nitrogen and oxygen atoms in total. The first-order valence-corrected chi connectivity index (χ1v) is 6.71. The predicted molar refractivity (Wildman–Crippen MR) is 55.1 cm³/mol. The summed E-state index contributed by atoms with van der Waals surface area (Å²) in [5.41, 5.74) is 0. The lowest BCUT2D eigenvalue weighted by atomic mass is 10.3. The van der Waals surface area contributed by atoms with Crippen molar-refractivity contribution in [3.05, 3.63) is 23.1 Å². The molecule has 0 bridgehead atoms. The van der Waals surface area contributed by atoms with Crippen LogP contribution in [0.15, 0.2) is 23.1 Å². The van der Waals surface area contributed by atoms with Crippen LogP contribution >= 0.6 is 11.8 Å². The second-order valence-electron chi connectivity index (χ2n) is 2.65. The Bertz CT molecular complexity index is 314. The SMILES string of the molecule is CS(=O)(=O)OCCC1=CC=CCS1. The lowest BCUT2D eigenvalue weighted by molar-refractivity contribution is 0.327. The fourth-order valence-electron chi connectivity index (χ4n) is 0.883. The lowest BCUT2D eigenvalue weighted by Gasteiger charge is -2.07. The molecule has 0 aromatic rings. The van der Waals surface area contributed by atoms with Crippen LogP contribution in [0.2, 0.25) is 0 Å². The number of hydrogen-bond donors (Lipinski definition) is 0. The zero-order valence-electron chi connectivity index (χ0n) is 7.39. The van der Waals surface area contributed by atoms with Gasteiger partial charge >= 0.3 is 0 Å². The Morgan fingerprint density at radius 3 is 2.92 bits per heavy atom. The van der Waals surface area contributed by atoms with Crippen LogP contribution in [0, 0.1) is 0 Å². The Labute approximate surface area is 83.0 Å². The summed E-state index contributed by atoms with van der Waals surface area (Å²) in [6.45, 7) is 0.242. The van der Waals surface area contributed by atoms with Crippen LogP contribution in [0.1, 0.15) is 6.42 Å². The van der Waals surface area contributed by atoms with Crippen LogP contribution in [0.5, 0.6) is 0 Å². The Balaban J connectivity index is 2.27. The highest BCUT2D eigenvalue weighted by atomic mass is 32.2. The summed E-state index contributed by atoms with van der Waals surface area (Å²) in [4.78, 5) is 1.17. The van der Waals surface area contributed by atoms with Gasteiger partial charge in [-0.1, -0.05) is 18.2 Å². The number of rotatable bonds is 4. The molecule has 1 aliphatic rings. The van der Waals surface area contributed by atoms with E-state index in [-0.39, 0.29) is 6.61 Å². The molecular formula is C8H12O3S2. The largest absolute Gasteiger partial charge is 0.270 e. The normalized spacial score (nSPS) is 17.2. The third-order valence-corrected chi connectivity index (χ3v) is 3.09. The van der Waals surface area contributed by atoms with Gasteiger partial charge in [-0.25, -0.2) is 0 Å². The van der Waals surface area contributed by atoms with Crippen molar-refractivity contribution in [3.63, 3.8) is 0 Å². The quantitative estimate of drug-likeness (QED) is 0.674. The van der Waals surface area contributed by atoms with E-state index in [2.05, 4.69) is 10.3 Å². The second kappa shape index (κ2) is 4.83. The van der Waals surface area contributed by atoms with Gasteiger partial charge in [0.1, 0.15) is 0 Å². The number of thioether (sulfide) groups is 1. The molecule has 0 saturated heterocycles. The number of allylic oxidation sites excluding steroid dienone is 2. The molecule has 74 valence electrons. The van der Waals surface area contributed by atoms with Crippen molar-refractivity contribution in [2.24, 2.45) is 0 Å². The van der Waals surface area contributed by atoms with Crippen LogP contribution in [0.25, 0.3) is 0 Å². The minimum atomic E-state index is -3.28. The maximum atomic E-state index is 10.6. The standard InChI is InChI=1S/C8H12O3S2/c1-13(9,10)11-6-5-8-4-2-3-7-12-8/h2-4H,5-7H2,1H3. The summed E-state index contributed by atoms with van der Waals surface area (Å²) in [6.07, 6.45) is 7.76. The summed E-state index contributed by atoms with van der Waals surface area (Å²) in [5, 5.41) is 0. The molecule has 0 unspecified atom stereocenters. The molecule has 5 heteroatoms. The Morgan fingerprint density at radius 2 is 2.38 bits per heavy atom. The molecule has 0 N–H and O–H groups in total. The van der Waals surface area contributed by atoms with Gasteiger partial charge in [-0.3, -0.25) is 4.18 Å². The topological polar surface area (TPSA) is 43.4 Å². The summed E-state index contributed by atoms with van der Waals surface area (Å²) < 4.78 is 25.8. The van der Waals surface area contributed by atoms with Crippen molar-refractivity contribution in [2.75, 3.05) is 18.6 Å². The molecular weight excluding hydrogens is 208 g/mol. The Kier molecular flexibility index (Phi) is 4.02. The first kappa shape index (κ1) is 10.8. The van der Waals surface area contributed by atoms with Crippen LogP contribution in [0.3, 0.4) is 0 Å². The Morgan fingerprint density at radius 1 is 1.62 bits per heavy atom. The van der Waals surface area contributed by atoms with Crippen molar-refractivity contribution >= 4 is 21.9 Å². The van der Waals surface area contributed by atoms with E-state index in [0.717, 1.165) is 12.0 Å². The van der Waals surface area contributed by atoms with E-state index in [0.29, 0.717) is 6.42 Å². The van der Waals surface area contributed by atoms with Gasteiger partial charge in [0.25, 0.3) is 10.1 Å². The van der Waals surface area contributed by atoms with E-state index >= 15 is 0 Å². The van der Waals surface area contributed by atoms with Crippen molar-refractivity contribution in [1.29, 1.82) is 0 Å². The van der Waals surface area contributed by atoms with Gasteiger partial charge in [0, 0.05) is 12.2 Å². The molecule has 0 aromatic heterocycles. The first-order valence-electron chi connectivity index (χ1n) is 3.91. The Hall–Kier alpha value is -0.260. The van der Waals surface area contributed by atoms with Gasteiger partial charge in [-0.05, 0) is 4.91 Å². The molecule has 0 spiro atoms. The zero-order valence-corrected chi connectivity index (χ0v) is 9.03. The van der Waals surface area contributed by atoms with Gasteiger partial charge in [0.05, 0.1) is 12.9 Å². The lowest BCUT2D eigenvalue weighted by Crippen LogP contribution is -2.04. The van der Waals surface area contributed by atoms with Crippen molar-refractivity contribution in [3.8, 4) is 0 Å². The van der Waals surface area contributed by atoms with Gasteiger partial charge in [-0.15, -0.1) is 11.8 Å². The highest BCUT2D eigenvalue weighted by molar-refractivity contribution is 8.03. The maximum Gasteiger partial charge on any atom is 0.264 e. The smallest absolute Gasteiger partial charge is 0.264 e. The molecule has 0 amide bonds. The highest BCUT2D eigenvalue weighted by Gasteiger charge is 2.04. The average Bonchev–Trinajstić information content (AvgIpc) is 2.04. The van der Waals surface area contributed by atoms with E-state index in [1.807, 2.05) is 12.2 Å². The molecule has 1 heterocycles. The third-order valence-electron chi connectivity index (χ3n) is 1.43. The van der Waals surface area contributed by atoms with Crippen LogP contribution < -0.4 is 0 Å². The first-order chi connectivity index (χ1) is 6.08. The predicted octanol–water partition coefficient (Wildman–Crippen LogP) is 1.54. The molecule has 0 aliphatic carbocycles. The molecule has 0 atom stereocenters. The minimum absolute atomic E-state index is 0.242. The monoisotopic (exact) mass is 220 g/mol. The molecule has 0 radical (unpaired) electrons. The van der Waals surface area contributed by atoms with E-state index in [4.69, 9.17) is 0 Å². The molecule has 0 aromatic carbocycles. The van der Waals surface area contributed by atoms with E-state index < -0.39 is 10.1 Å². The molecule has 1 rings (SSSR count). The van der Waals surface area contributed by atoms with E-state index in [1.165, 1.54) is 4.91 Å². The van der Waals surface area contributed by atoms with E-state index in [9.17, 15) is 8.42 Å². The van der Waals surface area contributed by atoms with Gasteiger partial charge in [-0.2, -0.15) is 8.42 Å². The molecule has 1 aliphatic heterocycles. The summed E-state index contributed by atoms with van der Waals surface area (Å²) in [5.74, 6) is 0.963. The van der Waals surface area contributed by atoms with Crippen LogP contribution in [0.4, 0.5) is 0 Å². The van der Waals surface area contributed by atoms with Crippen molar-refractivity contribution < 1.29 is 12.6 Å².